The van der Waals surface area contributed by atoms with Crippen molar-refractivity contribution in [1.29, 1.82) is 5.26 Å². The smallest absolute Gasteiger partial charge is 0.255 e. The van der Waals surface area contributed by atoms with Gasteiger partial charge in [-0.2, -0.15) is 5.26 Å². The van der Waals surface area contributed by atoms with Crippen molar-refractivity contribution in [2.45, 2.75) is 32.0 Å². The second-order valence-electron chi connectivity index (χ2n) is 7.73. The van der Waals surface area contributed by atoms with E-state index < -0.39 is 11.6 Å². The molecule has 4 nitrogen and oxygen atoms in total. The lowest BCUT2D eigenvalue weighted by atomic mass is 10.1. The summed E-state index contributed by atoms with van der Waals surface area (Å²) in [5.74, 6) is -1.91. The fraction of sp³-hybridized carbons (Fsp3) is 0.200. The van der Waals surface area contributed by atoms with Crippen molar-refractivity contribution in [3.63, 3.8) is 0 Å². The van der Waals surface area contributed by atoms with Gasteiger partial charge < -0.3 is 5.32 Å². The number of nitrogens with zero attached hydrogens (tertiary/aromatic N) is 2. The van der Waals surface area contributed by atoms with Crippen LogP contribution in [0.4, 0.5) is 14.5 Å². The van der Waals surface area contributed by atoms with E-state index in [1.165, 1.54) is 6.07 Å². The first-order valence-corrected chi connectivity index (χ1v) is 10.1. The van der Waals surface area contributed by atoms with Crippen molar-refractivity contribution in [3.8, 4) is 6.07 Å². The van der Waals surface area contributed by atoms with Crippen LogP contribution < -0.4 is 5.32 Å². The molecule has 0 spiro atoms. The summed E-state index contributed by atoms with van der Waals surface area (Å²) in [6, 6.07) is 20.5. The lowest BCUT2D eigenvalue weighted by Crippen LogP contribution is -2.25. The van der Waals surface area contributed by atoms with Gasteiger partial charge in [-0.25, -0.2) is 8.78 Å². The molecule has 0 saturated heterocycles. The van der Waals surface area contributed by atoms with Gasteiger partial charge in [0.1, 0.15) is 0 Å². The van der Waals surface area contributed by atoms with Gasteiger partial charge in [0.25, 0.3) is 5.91 Å². The van der Waals surface area contributed by atoms with Crippen LogP contribution >= 0.6 is 0 Å². The zero-order chi connectivity index (χ0) is 21.8. The summed E-state index contributed by atoms with van der Waals surface area (Å²) in [5, 5.41) is 11.7. The Kier molecular flexibility index (Phi) is 6.06. The molecule has 156 valence electrons. The Balaban J connectivity index is 1.45. The number of carbonyl (C=O) groups excluding carboxylic acids is 1. The van der Waals surface area contributed by atoms with Crippen molar-refractivity contribution in [1.82, 2.24) is 4.90 Å². The summed E-state index contributed by atoms with van der Waals surface area (Å²) in [4.78, 5) is 14.9. The van der Waals surface area contributed by atoms with Crippen molar-refractivity contribution in [2.24, 2.45) is 0 Å². The minimum Gasteiger partial charge on any atom is -0.322 e. The number of anilines is 1. The average Bonchev–Trinajstić information content (AvgIpc) is 3.62. The van der Waals surface area contributed by atoms with Crippen molar-refractivity contribution >= 4 is 11.6 Å². The van der Waals surface area contributed by atoms with E-state index in [0.717, 1.165) is 30.0 Å². The number of amides is 1. The Morgan fingerprint density at radius 1 is 0.968 bits per heavy atom. The number of carbonyl (C=O) groups is 1. The van der Waals surface area contributed by atoms with Gasteiger partial charge in [-0.15, -0.1) is 0 Å². The first kappa shape index (κ1) is 20.7. The number of benzene rings is 3. The van der Waals surface area contributed by atoms with Crippen LogP contribution in [0.15, 0.2) is 66.7 Å². The summed E-state index contributed by atoms with van der Waals surface area (Å²) < 4.78 is 26.8. The van der Waals surface area contributed by atoms with E-state index in [1.54, 1.807) is 36.4 Å². The number of hydrogen-bond donors (Lipinski definition) is 1. The standard InChI is InChI=1S/C25H21F2N3O/c26-23-11-6-19(13-24(23)27)16-30(22-9-10-22)15-18-2-1-3-20(12-18)25(31)29-21-7-4-17(14-28)5-8-21/h1-8,11-13,22H,9-10,15-16H2,(H,29,31). The molecule has 31 heavy (non-hydrogen) atoms. The highest BCUT2D eigenvalue weighted by Gasteiger charge is 2.29. The quantitative estimate of drug-likeness (QED) is 0.571. The predicted octanol–water partition coefficient (Wildman–Crippen LogP) is 5.25. The number of hydrogen-bond acceptors (Lipinski definition) is 3. The van der Waals surface area contributed by atoms with Crippen LogP contribution in [-0.2, 0) is 13.1 Å². The van der Waals surface area contributed by atoms with E-state index >= 15 is 0 Å². The van der Waals surface area contributed by atoms with Crippen LogP contribution in [0.25, 0.3) is 0 Å². The minimum atomic E-state index is -0.845. The summed E-state index contributed by atoms with van der Waals surface area (Å²) in [5.41, 5.74) is 3.38. The van der Waals surface area contributed by atoms with Gasteiger partial charge in [-0.1, -0.05) is 18.2 Å². The van der Waals surface area contributed by atoms with E-state index in [9.17, 15) is 13.6 Å². The lowest BCUT2D eigenvalue weighted by Gasteiger charge is -2.22. The number of rotatable bonds is 7. The second-order valence-corrected chi connectivity index (χ2v) is 7.73. The van der Waals surface area contributed by atoms with E-state index in [4.69, 9.17) is 5.26 Å². The Morgan fingerprint density at radius 2 is 1.68 bits per heavy atom. The molecule has 1 fully saturated rings. The predicted molar refractivity (Wildman–Crippen MR) is 114 cm³/mol. The summed E-state index contributed by atoms with van der Waals surface area (Å²) in [6.45, 7) is 1.13. The third kappa shape index (κ3) is 5.33. The maximum absolute atomic E-state index is 13.6. The van der Waals surface area contributed by atoms with Gasteiger partial charge in [-0.05, 0) is 72.5 Å². The van der Waals surface area contributed by atoms with Crippen molar-refractivity contribution in [3.05, 3.63) is 101 Å². The molecule has 1 saturated carbocycles. The van der Waals surface area contributed by atoms with Gasteiger partial charge in [0, 0.05) is 30.4 Å². The number of nitriles is 1. The molecule has 1 aliphatic carbocycles. The molecule has 0 atom stereocenters. The van der Waals surface area contributed by atoms with E-state index in [1.807, 2.05) is 24.3 Å². The molecule has 3 aromatic carbocycles. The third-order valence-electron chi connectivity index (χ3n) is 5.28. The first-order valence-electron chi connectivity index (χ1n) is 10.1. The number of nitrogens with one attached hydrogen (secondary N) is 1. The molecule has 0 bridgehead atoms. The van der Waals surface area contributed by atoms with Crippen LogP contribution in [0.2, 0.25) is 0 Å². The van der Waals surface area contributed by atoms with Crippen LogP contribution in [0.3, 0.4) is 0 Å². The zero-order valence-corrected chi connectivity index (χ0v) is 16.8. The van der Waals surface area contributed by atoms with Gasteiger partial charge in [-0.3, -0.25) is 9.69 Å². The van der Waals surface area contributed by atoms with Gasteiger partial charge >= 0.3 is 0 Å². The monoisotopic (exact) mass is 417 g/mol. The molecule has 0 aliphatic heterocycles. The molecule has 1 amide bonds. The SMILES string of the molecule is N#Cc1ccc(NC(=O)c2cccc(CN(Cc3ccc(F)c(F)c3)C3CC3)c2)cc1. The molecule has 4 rings (SSSR count). The van der Waals surface area contributed by atoms with Gasteiger partial charge in [0.2, 0.25) is 0 Å². The maximum atomic E-state index is 13.6. The molecule has 3 aromatic rings. The molecule has 1 aliphatic rings. The van der Waals surface area contributed by atoms with Crippen LogP contribution in [0, 0.1) is 23.0 Å². The van der Waals surface area contributed by atoms with Crippen LogP contribution in [0.5, 0.6) is 0 Å². The zero-order valence-electron chi connectivity index (χ0n) is 16.8. The third-order valence-corrected chi connectivity index (χ3v) is 5.28. The van der Waals surface area contributed by atoms with Crippen molar-refractivity contribution < 1.29 is 13.6 Å². The molecule has 0 aromatic heterocycles. The molecule has 6 heteroatoms. The van der Waals surface area contributed by atoms with E-state index in [-0.39, 0.29) is 5.91 Å². The fourth-order valence-corrected chi connectivity index (χ4v) is 3.50. The molecule has 0 heterocycles. The molecular weight excluding hydrogens is 396 g/mol. The lowest BCUT2D eigenvalue weighted by molar-refractivity contribution is 0.102. The minimum absolute atomic E-state index is 0.231. The average molecular weight is 417 g/mol. The first-order chi connectivity index (χ1) is 15.0. The number of halogens is 2. The summed E-state index contributed by atoms with van der Waals surface area (Å²) >= 11 is 0. The highest BCUT2D eigenvalue weighted by atomic mass is 19.2. The van der Waals surface area contributed by atoms with Gasteiger partial charge in [0.15, 0.2) is 11.6 Å². The molecule has 1 N–H and O–H groups in total. The highest BCUT2D eigenvalue weighted by Crippen LogP contribution is 2.30. The topological polar surface area (TPSA) is 56.1 Å². The summed E-state index contributed by atoms with van der Waals surface area (Å²) in [7, 11) is 0. The maximum Gasteiger partial charge on any atom is 0.255 e. The van der Waals surface area contributed by atoms with Crippen molar-refractivity contribution in [2.75, 3.05) is 5.32 Å². The molecule has 0 radical (unpaired) electrons. The van der Waals surface area contributed by atoms with E-state index in [0.29, 0.717) is 35.9 Å². The second kappa shape index (κ2) is 9.07. The highest BCUT2D eigenvalue weighted by molar-refractivity contribution is 6.04. The van der Waals surface area contributed by atoms with Crippen LogP contribution in [0.1, 0.15) is 39.9 Å². The normalized spacial score (nSPS) is 13.1. The van der Waals surface area contributed by atoms with E-state index in [2.05, 4.69) is 10.2 Å². The molecule has 0 unspecified atom stereocenters. The largest absolute Gasteiger partial charge is 0.322 e. The molecular formula is C25H21F2N3O. The Labute approximate surface area is 179 Å². The summed E-state index contributed by atoms with van der Waals surface area (Å²) in [6.07, 6.45) is 2.14. The van der Waals surface area contributed by atoms with Crippen LogP contribution in [-0.4, -0.2) is 16.8 Å². The fourth-order valence-electron chi connectivity index (χ4n) is 3.50. The Hall–Kier alpha value is -3.56. The Bertz CT molecular complexity index is 1130. The van der Waals surface area contributed by atoms with Gasteiger partial charge in [0.05, 0.1) is 11.6 Å². The Morgan fingerprint density at radius 3 is 2.32 bits per heavy atom.